The minimum Gasteiger partial charge on any atom is -0.493 e. The zero-order chi connectivity index (χ0) is 20.3. The van der Waals surface area contributed by atoms with Crippen LogP contribution in [0.1, 0.15) is 50.3 Å². The van der Waals surface area contributed by atoms with Crippen LogP contribution < -0.4 is 9.47 Å². The summed E-state index contributed by atoms with van der Waals surface area (Å²) >= 11 is 6.27. The molecule has 2 aliphatic heterocycles. The Labute approximate surface area is 173 Å². The molecule has 6 heteroatoms. The highest BCUT2D eigenvalue weighted by atomic mass is 35.5. The number of ether oxygens (including phenoxy) is 2. The second-order valence-electron chi connectivity index (χ2n) is 8.62. The number of hydrogen-bond acceptors (Lipinski definition) is 4. The Morgan fingerprint density at radius 1 is 1.36 bits per heavy atom. The fourth-order valence-corrected chi connectivity index (χ4v) is 5.04. The Morgan fingerprint density at radius 3 is 2.79 bits per heavy atom. The molecule has 2 heterocycles. The molecule has 3 rings (SSSR count). The molecule has 3 atom stereocenters. The van der Waals surface area contributed by atoms with Gasteiger partial charge in [0.05, 0.1) is 31.9 Å². The molecule has 0 saturated carbocycles. The minimum atomic E-state index is -0.856. The molecule has 28 heavy (non-hydrogen) atoms. The van der Waals surface area contributed by atoms with Crippen molar-refractivity contribution in [2.24, 2.45) is 11.8 Å². The zero-order valence-electron chi connectivity index (χ0n) is 17.2. The van der Waals surface area contributed by atoms with Crippen LogP contribution in [0.25, 0.3) is 0 Å². The molecule has 1 N–H and O–H groups in total. The molecule has 0 bridgehead atoms. The van der Waals surface area contributed by atoms with Crippen LogP contribution >= 0.6 is 11.6 Å². The van der Waals surface area contributed by atoms with Gasteiger partial charge >= 0.3 is 0 Å². The second kappa shape index (κ2) is 9.19. The fourth-order valence-electron chi connectivity index (χ4n) is 4.71. The molecule has 2 aliphatic rings. The van der Waals surface area contributed by atoms with Gasteiger partial charge < -0.3 is 14.6 Å². The number of fused-ring (bicyclic) bond motifs is 3. The third kappa shape index (κ3) is 4.42. The third-order valence-corrected chi connectivity index (χ3v) is 6.64. The van der Waals surface area contributed by atoms with Crippen LogP contribution in [0.5, 0.6) is 11.5 Å². The lowest BCUT2D eigenvalue weighted by Gasteiger charge is -2.51. The molecule has 1 aromatic rings. The number of nitrogens with zero attached hydrogens (tertiary/aromatic N) is 1. The molecule has 0 amide bonds. The van der Waals surface area contributed by atoms with E-state index in [0.717, 1.165) is 25.9 Å². The molecule has 0 aromatic heterocycles. The summed E-state index contributed by atoms with van der Waals surface area (Å²) < 4.78 is 23.7. The molecule has 0 radical (unpaired) electrons. The smallest absolute Gasteiger partial charge is 0.161 e. The number of piperidine rings is 1. The summed E-state index contributed by atoms with van der Waals surface area (Å²) in [6, 6.07) is 4.20. The van der Waals surface area contributed by atoms with Crippen molar-refractivity contribution in [3.05, 3.63) is 23.3 Å². The van der Waals surface area contributed by atoms with Gasteiger partial charge in [0.25, 0.3) is 0 Å². The molecule has 0 aliphatic carbocycles. The molecule has 158 valence electrons. The molecule has 4 nitrogen and oxygen atoms in total. The first-order valence-electron chi connectivity index (χ1n) is 10.3. The van der Waals surface area contributed by atoms with Crippen LogP contribution in [-0.4, -0.2) is 55.0 Å². The van der Waals surface area contributed by atoms with E-state index in [1.54, 1.807) is 7.11 Å². The average Bonchev–Trinajstić information content (AvgIpc) is 2.68. The van der Waals surface area contributed by atoms with Gasteiger partial charge in [0.15, 0.2) is 11.5 Å². The Morgan fingerprint density at radius 2 is 2.14 bits per heavy atom. The monoisotopic (exact) mass is 412 g/mol. The summed E-state index contributed by atoms with van der Waals surface area (Å²) in [6.45, 7) is 6.16. The fraction of sp³-hybridized carbons (Fsp3) is 0.727. The summed E-state index contributed by atoms with van der Waals surface area (Å²) in [5.74, 6) is 2.30. The van der Waals surface area contributed by atoms with Crippen molar-refractivity contribution >= 4 is 11.6 Å². The van der Waals surface area contributed by atoms with Gasteiger partial charge in [0, 0.05) is 31.5 Å². The lowest BCUT2D eigenvalue weighted by Crippen LogP contribution is -2.56. The number of aliphatic hydroxyl groups is 1. The van der Waals surface area contributed by atoms with E-state index >= 15 is 0 Å². The van der Waals surface area contributed by atoms with Gasteiger partial charge in [-0.1, -0.05) is 13.8 Å². The normalized spacial score (nSPS) is 27.4. The summed E-state index contributed by atoms with van der Waals surface area (Å²) in [6.07, 6.45) is 2.91. The van der Waals surface area contributed by atoms with Gasteiger partial charge in [0.1, 0.15) is 0 Å². The van der Waals surface area contributed by atoms with E-state index in [-0.39, 0.29) is 17.8 Å². The highest BCUT2D eigenvalue weighted by Crippen LogP contribution is 2.47. The van der Waals surface area contributed by atoms with E-state index < -0.39 is 12.3 Å². The maximum atomic E-state index is 12.4. The minimum absolute atomic E-state index is 0.129. The Bertz CT molecular complexity index is 671. The number of rotatable bonds is 8. The first kappa shape index (κ1) is 21.7. The van der Waals surface area contributed by atoms with Crippen LogP contribution in [0, 0.1) is 11.8 Å². The summed E-state index contributed by atoms with van der Waals surface area (Å²) in [4.78, 5) is 2.49. The standard InChI is InChI=1S/C22H33ClFNO3/c1-15(2)9-17-13-25-7-5-16-10-21(28-8-4-6-24)20(27-3)11-18(16)19(25)12-22(17,26)14-23/h10-11,15,17,19,26H,4-9,12-14H2,1-3H3/t17-,19-,22?/m1/s1/i24-1. The molecular formula is C22H33ClFNO3. The third-order valence-electron chi connectivity index (χ3n) is 6.18. The van der Waals surface area contributed by atoms with E-state index in [0.29, 0.717) is 36.9 Å². The first-order valence-corrected chi connectivity index (χ1v) is 10.9. The number of halogens is 2. The van der Waals surface area contributed by atoms with Crippen molar-refractivity contribution in [3.63, 3.8) is 0 Å². The summed E-state index contributed by atoms with van der Waals surface area (Å²) in [5.41, 5.74) is 1.55. The first-order chi connectivity index (χ1) is 13.4. The van der Waals surface area contributed by atoms with E-state index in [2.05, 4.69) is 18.7 Å². The van der Waals surface area contributed by atoms with Crippen molar-refractivity contribution in [3.8, 4) is 11.5 Å². The van der Waals surface area contributed by atoms with Gasteiger partial charge in [-0.15, -0.1) is 11.6 Å². The van der Waals surface area contributed by atoms with Crippen molar-refractivity contribution in [2.75, 3.05) is 39.4 Å². The van der Waals surface area contributed by atoms with E-state index in [1.807, 2.05) is 12.1 Å². The van der Waals surface area contributed by atoms with Crippen LogP contribution in [0.4, 0.5) is 4.39 Å². The highest BCUT2D eigenvalue weighted by Gasteiger charge is 2.47. The van der Waals surface area contributed by atoms with Crippen molar-refractivity contribution in [2.45, 2.75) is 51.2 Å². The van der Waals surface area contributed by atoms with Crippen molar-refractivity contribution < 1.29 is 19.0 Å². The number of alkyl halides is 2. The maximum absolute atomic E-state index is 12.4. The van der Waals surface area contributed by atoms with Gasteiger partial charge in [-0.25, -0.2) is 0 Å². The van der Waals surface area contributed by atoms with Crippen LogP contribution in [0.15, 0.2) is 12.1 Å². The second-order valence-corrected chi connectivity index (χ2v) is 8.89. The summed E-state index contributed by atoms with van der Waals surface area (Å²) in [7, 11) is 1.62. The Hall–Kier alpha value is -1.04. The van der Waals surface area contributed by atoms with Crippen molar-refractivity contribution in [1.82, 2.24) is 4.90 Å². The van der Waals surface area contributed by atoms with Crippen LogP contribution in [-0.2, 0) is 6.42 Å². The number of methoxy groups -OCH3 is 1. The molecule has 1 saturated heterocycles. The molecule has 1 fully saturated rings. The average molecular weight is 413 g/mol. The zero-order valence-corrected chi connectivity index (χ0v) is 18.0. The maximum Gasteiger partial charge on any atom is 0.161 e. The van der Waals surface area contributed by atoms with E-state index in [9.17, 15) is 9.50 Å². The number of benzene rings is 1. The van der Waals surface area contributed by atoms with Gasteiger partial charge in [-0.05, 0) is 48.4 Å². The SMILES string of the molecule is COc1cc2c(cc1OCCC[18F])CCN1C[C@@H](CC(C)C)C(O)(CCl)C[C@H]21. The highest BCUT2D eigenvalue weighted by molar-refractivity contribution is 6.18. The van der Waals surface area contributed by atoms with Crippen molar-refractivity contribution in [1.29, 1.82) is 0 Å². The van der Waals surface area contributed by atoms with Crippen LogP contribution in [0.3, 0.4) is 0 Å². The lowest BCUT2D eigenvalue weighted by molar-refractivity contribution is -0.0886. The molecule has 1 unspecified atom stereocenters. The van der Waals surface area contributed by atoms with E-state index in [1.165, 1.54) is 11.1 Å². The Balaban J connectivity index is 1.88. The largest absolute Gasteiger partial charge is 0.493 e. The topological polar surface area (TPSA) is 41.9 Å². The molecular weight excluding hydrogens is 380 g/mol. The quantitative estimate of drug-likeness (QED) is 0.508. The molecule has 1 aromatic carbocycles. The van der Waals surface area contributed by atoms with Gasteiger partial charge in [-0.2, -0.15) is 0 Å². The predicted molar refractivity (Wildman–Crippen MR) is 110 cm³/mol. The van der Waals surface area contributed by atoms with Gasteiger partial charge in [0.2, 0.25) is 0 Å². The van der Waals surface area contributed by atoms with E-state index in [4.69, 9.17) is 21.1 Å². The summed E-state index contributed by atoms with van der Waals surface area (Å²) in [5, 5.41) is 11.3. The lowest BCUT2D eigenvalue weighted by atomic mass is 9.72. The van der Waals surface area contributed by atoms with Gasteiger partial charge in [-0.3, -0.25) is 9.29 Å². The molecule has 0 spiro atoms. The van der Waals surface area contributed by atoms with Crippen LogP contribution in [0.2, 0.25) is 0 Å². The predicted octanol–water partition coefficient (Wildman–Crippen LogP) is 4.37. The Kier molecular flexibility index (Phi) is 7.11. The number of hydrogen-bond donors (Lipinski definition) is 1.